The van der Waals surface area contributed by atoms with Crippen molar-refractivity contribution in [3.8, 4) is 11.5 Å². The van der Waals surface area contributed by atoms with Gasteiger partial charge in [-0.05, 0) is 48.0 Å². The number of carbonyl (C=O) groups excluding carboxylic acids is 3. The Kier molecular flexibility index (Phi) is 5.74. The number of furan rings is 1. The lowest BCUT2D eigenvalue weighted by Crippen LogP contribution is -2.29. The van der Waals surface area contributed by atoms with Gasteiger partial charge < -0.3 is 28.6 Å². The van der Waals surface area contributed by atoms with E-state index in [0.717, 1.165) is 0 Å². The second-order valence-electron chi connectivity index (χ2n) is 7.98. The molecular weight excluding hydrogens is 454 g/mol. The molecule has 0 saturated carbocycles. The van der Waals surface area contributed by atoms with E-state index >= 15 is 0 Å². The molecule has 3 aromatic rings. The number of aliphatic hydroxyl groups excluding tert-OH is 1. The molecule has 1 amide bonds. The van der Waals surface area contributed by atoms with Gasteiger partial charge in [-0.2, -0.15) is 0 Å². The van der Waals surface area contributed by atoms with Crippen LogP contribution in [0.4, 0.5) is 0 Å². The van der Waals surface area contributed by atoms with Crippen LogP contribution in [0.1, 0.15) is 33.3 Å². The normalized spacial score (nSPS) is 18.5. The van der Waals surface area contributed by atoms with E-state index in [2.05, 4.69) is 0 Å². The van der Waals surface area contributed by atoms with Crippen LogP contribution in [0, 0.1) is 0 Å². The van der Waals surface area contributed by atoms with Gasteiger partial charge in [0.25, 0.3) is 11.7 Å². The SMILES string of the molecule is COC(=O)c1ccc(C2/C(=C(/O)c3ccc4c(c3)OCCO4)C(=O)C(=O)N2Cc2ccco2)cc1. The zero-order valence-corrected chi connectivity index (χ0v) is 18.7. The van der Waals surface area contributed by atoms with Gasteiger partial charge in [-0.25, -0.2) is 4.79 Å². The average Bonchev–Trinajstić information content (AvgIpc) is 3.50. The smallest absolute Gasteiger partial charge is 0.337 e. The fourth-order valence-electron chi connectivity index (χ4n) is 4.23. The van der Waals surface area contributed by atoms with Crippen molar-refractivity contribution in [3.05, 3.63) is 88.9 Å². The maximum Gasteiger partial charge on any atom is 0.337 e. The molecule has 1 aromatic heterocycles. The van der Waals surface area contributed by atoms with Crippen LogP contribution in [0.2, 0.25) is 0 Å². The number of methoxy groups -OCH3 is 1. The number of hydrogen-bond acceptors (Lipinski definition) is 8. The zero-order chi connectivity index (χ0) is 24.5. The van der Waals surface area contributed by atoms with Crippen molar-refractivity contribution in [1.29, 1.82) is 0 Å². The number of benzene rings is 2. The van der Waals surface area contributed by atoms with Gasteiger partial charge in [0.1, 0.15) is 24.7 Å². The molecule has 0 radical (unpaired) electrons. The van der Waals surface area contributed by atoms with E-state index in [4.69, 9.17) is 18.6 Å². The number of hydrogen-bond donors (Lipinski definition) is 1. The fraction of sp³-hybridized carbons (Fsp3) is 0.192. The lowest BCUT2D eigenvalue weighted by molar-refractivity contribution is -0.140. The number of carbonyl (C=O) groups is 3. The summed E-state index contributed by atoms with van der Waals surface area (Å²) in [5.74, 6) is -1.03. The largest absolute Gasteiger partial charge is 0.507 e. The Hall–Kier alpha value is -4.53. The van der Waals surface area contributed by atoms with Gasteiger partial charge in [0, 0.05) is 5.56 Å². The Labute approximate surface area is 200 Å². The molecule has 178 valence electrons. The summed E-state index contributed by atoms with van der Waals surface area (Å²) in [4.78, 5) is 39.5. The Bertz CT molecular complexity index is 1320. The number of likely N-dealkylation sites (tertiary alicyclic amines) is 1. The van der Waals surface area contributed by atoms with Gasteiger partial charge in [-0.1, -0.05) is 12.1 Å². The number of esters is 1. The van der Waals surface area contributed by atoms with E-state index in [-0.39, 0.29) is 17.9 Å². The molecule has 2 aliphatic rings. The molecule has 0 spiro atoms. The number of nitrogens with zero attached hydrogens (tertiary/aromatic N) is 1. The molecule has 1 saturated heterocycles. The Morgan fingerprint density at radius 1 is 1.03 bits per heavy atom. The monoisotopic (exact) mass is 475 g/mol. The summed E-state index contributed by atoms with van der Waals surface area (Å²) in [7, 11) is 1.28. The van der Waals surface area contributed by atoms with Crippen LogP contribution in [0.25, 0.3) is 5.76 Å². The molecule has 1 N–H and O–H groups in total. The van der Waals surface area contributed by atoms with Crippen LogP contribution >= 0.6 is 0 Å². The van der Waals surface area contributed by atoms with E-state index in [9.17, 15) is 19.5 Å². The topological polar surface area (TPSA) is 116 Å². The molecule has 0 bridgehead atoms. The van der Waals surface area contributed by atoms with Crippen LogP contribution in [-0.2, 0) is 20.9 Å². The van der Waals surface area contributed by atoms with Gasteiger partial charge in [-0.15, -0.1) is 0 Å². The number of aliphatic hydroxyl groups is 1. The summed E-state index contributed by atoms with van der Waals surface area (Å²) in [6.45, 7) is 0.786. The summed E-state index contributed by atoms with van der Waals surface area (Å²) in [5, 5.41) is 11.3. The number of fused-ring (bicyclic) bond motifs is 1. The van der Waals surface area contributed by atoms with Crippen molar-refractivity contribution in [1.82, 2.24) is 4.90 Å². The first-order valence-electron chi connectivity index (χ1n) is 10.9. The minimum atomic E-state index is -0.917. The summed E-state index contributed by atoms with van der Waals surface area (Å²) in [5.41, 5.74) is 1.07. The molecule has 1 atom stereocenters. The van der Waals surface area contributed by atoms with Gasteiger partial charge in [0.15, 0.2) is 11.5 Å². The quantitative estimate of drug-likeness (QED) is 0.258. The first-order chi connectivity index (χ1) is 17.0. The second kappa shape index (κ2) is 9.02. The highest BCUT2D eigenvalue weighted by molar-refractivity contribution is 6.46. The van der Waals surface area contributed by atoms with E-state index in [1.807, 2.05) is 0 Å². The highest BCUT2D eigenvalue weighted by atomic mass is 16.6. The number of ketones is 1. The maximum atomic E-state index is 13.2. The standard InChI is InChI=1S/C26H21NO8/c1-32-26(31)16-6-4-15(5-7-16)22-21(24(29)25(30)27(22)14-18-3-2-10-33-18)23(28)17-8-9-19-20(13-17)35-12-11-34-19/h2-10,13,22,28H,11-12,14H2,1H3/b23-21-. The van der Waals surface area contributed by atoms with Crippen LogP contribution in [0.15, 0.2) is 70.9 Å². The molecular formula is C26H21NO8. The van der Waals surface area contributed by atoms with Crippen molar-refractivity contribution >= 4 is 23.4 Å². The average molecular weight is 475 g/mol. The Morgan fingerprint density at radius 2 is 1.74 bits per heavy atom. The fourth-order valence-corrected chi connectivity index (χ4v) is 4.23. The lowest BCUT2D eigenvalue weighted by atomic mass is 9.94. The summed E-state index contributed by atoms with van der Waals surface area (Å²) < 4.78 is 21.3. The van der Waals surface area contributed by atoms with Gasteiger partial charge in [-0.3, -0.25) is 9.59 Å². The van der Waals surface area contributed by atoms with Crippen molar-refractivity contribution in [2.75, 3.05) is 20.3 Å². The summed E-state index contributed by atoms with van der Waals surface area (Å²) in [6.07, 6.45) is 1.47. The number of ether oxygens (including phenoxy) is 3. The molecule has 2 aromatic carbocycles. The zero-order valence-electron chi connectivity index (χ0n) is 18.7. The third kappa shape index (κ3) is 4.01. The van der Waals surface area contributed by atoms with Crippen molar-refractivity contribution < 1.29 is 38.1 Å². The third-order valence-corrected chi connectivity index (χ3v) is 5.91. The highest BCUT2D eigenvalue weighted by Gasteiger charge is 2.46. The minimum absolute atomic E-state index is 0.0128. The molecule has 35 heavy (non-hydrogen) atoms. The molecule has 5 rings (SSSR count). The van der Waals surface area contributed by atoms with Gasteiger partial charge >= 0.3 is 5.97 Å². The van der Waals surface area contributed by atoms with E-state index in [1.165, 1.54) is 30.4 Å². The molecule has 9 heteroatoms. The molecule has 3 heterocycles. The lowest BCUT2D eigenvalue weighted by Gasteiger charge is -2.25. The van der Waals surface area contributed by atoms with Crippen LogP contribution in [-0.4, -0.2) is 48.0 Å². The van der Waals surface area contributed by atoms with E-state index < -0.39 is 23.7 Å². The Morgan fingerprint density at radius 3 is 2.43 bits per heavy atom. The van der Waals surface area contributed by atoms with Crippen molar-refractivity contribution in [2.45, 2.75) is 12.6 Å². The first-order valence-corrected chi connectivity index (χ1v) is 10.9. The maximum absolute atomic E-state index is 13.2. The molecule has 0 aliphatic carbocycles. The molecule has 9 nitrogen and oxygen atoms in total. The molecule has 1 fully saturated rings. The minimum Gasteiger partial charge on any atom is -0.507 e. The van der Waals surface area contributed by atoms with Crippen LogP contribution < -0.4 is 9.47 Å². The number of amides is 1. The number of Topliss-reactive ketones (excluding diaryl/α,β-unsaturated/α-hetero) is 1. The van der Waals surface area contributed by atoms with Gasteiger partial charge in [0.2, 0.25) is 0 Å². The second-order valence-corrected chi connectivity index (χ2v) is 7.98. The van der Waals surface area contributed by atoms with E-state index in [1.54, 1.807) is 42.5 Å². The van der Waals surface area contributed by atoms with E-state index in [0.29, 0.717) is 47.2 Å². The van der Waals surface area contributed by atoms with Crippen molar-refractivity contribution in [2.24, 2.45) is 0 Å². The van der Waals surface area contributed by atoms with Crippen molar-refractivity contribution in [3.63, 3.8) is 0 Å². The van der Waals surface area contributed by atoms with Crippen LogP contribution in [0.5, 0.6) is 11.5 Å². The molecule has 1 unspecified atom stereocenters. The predicted molar refractivity (Wildman–Crippen MR) is 122 cm³/mol. The predicted octanol–water partition coefficient (Wildman–Crippen LogP) is 3.46. The summed E-state index contributed by atoms with van der Waals surface area (Å²) in [6, 6.07) is 13.6. The summed E-state index contributed by atoms with van der Waals surface area (Å²) >= 11 is 0. The first kappa shape index (κ1) is 22.3. The third-order valence-electron chi connectivity index (χ3n) is 5.91. The number of rotatable bonds is 5. The molecule has 2 aliphatic heterocycles. The highest BCUT2D eigenvalue weighted by Crippen LogP contribution is 2.41. The van der Waals surface area contributed by atoms with Gasteiger partial charge in [0.05, 0.1) is 37.1 Å². The Balaban J connectivity index is 1.62. The van der Waals surface area contributed by atoms with Crippen LogP contribution in [0.3, 0.4) is 0 Å².